The second-order valence-electron chi connectivity index (χ2n) is 6.16. The Kier molecular flexibility index (Phi) is 6.07. The zero-order valence-corrected chi connectivity index (χ0v) is 13.4. The van der Waals surface area contributed by atoms with Crippen LogP contribution in [0.2, 0.25) is 0 Å². The van der Waals surface area contributed by atoms with E-state index in [4.69, 9.17) is 4.74 Å². The van der Waals surface area contributed by atoms with Crippen molar-refractivity contribution >= 4 is 11.7 Å². The number of nitrogens with zero attached hydrogens (tertiary/aromatic N) is 1. The van der Waals surface area contributed by atoms with Crippen LogP contribution in [0.4, 0.5) is 10.5 Å². The predicted octanol–water partition coefficient (Wildman–Crippen LogP) is 3.10. The fourth-order valence-electron chi connectivity index (χ4n) is 2.56. The number of hydrogen-bond acceptors (Lipinski definition) is 3. The molecule has 1 heterocycles. The van der Waals surface area contributed by atoms with Gasteiger partial charge in [0.2, 0.25) is 0 Å². The van der Waals surface area contributed by atoms with Gasteiger partial charge >= 0.3 is 6.03 Å². The number of likely N-dealkylation sites (tertiary alicyclic amines) is 1. The van der Waals surface area contributed by atoms with Crippen LogP contribution < -0.4 is 10.1 Å². The molecule has 5 nitrogen and oxygen atoms in total. The molecule has 1 aliphatic heterocycles. The minimum atomic E-state index is -0.157. The Labute approximate surface area is 132 Å². The Morgan fingerprint density at radius 3 is 3.05 bits per heavy atom. The van der Waals surface area contributed by atoms with Gasteiger partial charge in [-0.3, -0.25) is 0 Å². The topological polar surface area (TPSA) is 61.8 Å². The highest BCUT2D eigenvalue weighted by Crippen LogP contribution is 2.21. The van der Waals surface area contributed by atoms with Crippen LogP contribution in [0.15, 0.2) is 24.3 Å². The van der Waals surface area contributed by atoms with Gasteiger partial charge in [0.1, 0.15) is 5.75 Å². The molecule has 1 atom stereocenters. The summed E-state index contributed by atoms with van der Waals surface area (Å²) in [4.78, 5) is 14.0. The molecule has 2 rings (SSSR count). The van der Waals surface area contributed by atoms with Gasteiger partial charge in [0, 0.05) is 18.3 Å². The van der Waals surface area contributed by atoms with E-state index in [0.29, 0.717) is 19.1 Å². The number of carbonyl (C=O) groups is 1. The lowest BCUT2D eigenvalue weighted by Gasteiger charge is -2.23. The van der Waals surface area contributed by atoms with Crippen molar-refractivity contribution in [3.8, 4) is 5.75 Å². The third-order valence-corrected chi connectivity index (χ3v) is 3.90. The van der Waals surface area contributed by atoms with Crippen LogP contribution in [0.3, 0.4) is 0 Å². The zero-order valence-electron chi connectivity index (χ0n) is 13.4. The van der Waals surface area contributed by atoms with Gasteiger partial charge in [-0.1, -0.05) is 19.9 Å². The van der Waals surface area contributed by atoms with E-state index in [9.17, 15) is 9.90 Å². The third-order valence-electron chi connectivity index (χ3n) is 3.90. The molecule has 1 aromatic carbocycles. The Hall–Kier alpha value is -1.75. The van der Waals surface area contributed by atoms with Crippen LogP contribution in [0.5, 0.6) is 5.75 Å². The lowest BCUT2D eigenvalue weighted by molar-refractivity contribution is 0.166. The lowest BCUT2D eigenvalue weighted by atomic mass is 10.1. The Morgan fingerprint density at radius 2 is 2.32 bits per heavy atom. The Morgan fingerprint density at radius 1 is 1.50 bits per heavy atom. The highest BCUT2D eigenvalue weighted by atomic mass is 16.5. The van der Waals surface area contributed by atoms with Crippen molar-refractivity contribution < 1.29 is 14.6 Å². The maximum atomic E-state index is 12.3. The van der Waals surface area contributed by atoms with Crippen LogP contribution in [-0.4, -0.2) is 41.8 Å². The first-order valence-electron chi connectivity index (χ1n) is 8.01. The van der Waals surface area contributed by atoms with E-state index < -0.39 is 0 Å². The van der Waals surface area contributed by atoms with Crippen molar-refractivity contribution in [3.05, 3.63) is 24.3 Å². The van der Waals surface area contributed by atoms with Crippen LogP contribution in [-0.2, 0) is 0 Å². The Bertz CT molecular complexity index is 491. The van der Waals surface area contributed by atoms with Gasteiger partial charge in [-0.25, -0.2) is 4.79 Å². The number of amides is 2. The van der Waals surface area contributed by atoms with Crippen LogP contribution in [0.25, 0.3) is 0 Å². The van der Waals surface area contributed by atoms with E-state index >= 15 is 0 Å². The summed E-state index contributed by atoms with van der Waals surface area (Å²) in [7, 11) is 0. The van der Waals surface area contributed by atoms with Gasteiger partial charge in [-0.2, -0.15) is 0 Å². The number of benzene rings is 1. The van der Waals surface area contributed by atoms with E-state index in [1.54, 1.807) is 4.90 Å². The molecule has 5 heteroatoms. The number of aliphatic hydroxyl groups excluding tert-OH is 1. The smallest absolute Gasteiger partial charge is 0.322 e. The summed E-state index contributed by atoms with van der Waals surface area (Å²) < 4.78 is 5.70. The van der Waals surface area contributed by atoms with Crippen LogP contribution in [0.1, 0.15) is 33.1 Å². The molecule has 0 aliphatic carbocycles. The maximum absolute atomic E-state index is 12.3. The van der Waals surface area contributed by atoms with Gasteiger partial charge in [-0.15, -0.1) is 0 Å². The molecule has 0 bridgehead atoms. The minimum Gasteiger partial charge on any atom is -0.494 e. The fourth-order valence-corrected chi connectivity index (χ4v) is 2.56. The van der Waals surface area contributed by atoms with Crippen molar-refractivity contribution in [3.63, 3.8) is 0 Å². The number of urea groups is 1. The molecule has 2 N–H and O–H groups in total. The monoisotopic (exact) mass is 306 g/mol. The van der Waals surface area contributed by atoms with E-state index in [1.807, 2.05) is 24.3 Å². The average Bonchev–Trinajstić information content (AvgIpc) is 2.96. The molecule has 1 aliphatic rings. The molecule has 1 fully saturated rings. The summed E-state index contributed by atoms with van der Waals surface area (Å²) in [5.74, 6) is 1.37. The third kappa shape index (κ3) is 4.63. The van der Waals surface area contributed by atoms with E-state index in [-0.39, 0.29) is 18.7 Å². The number of anilines is 1. The normalized spacial score (nSPS) is 17.8. The van der Waals surface area contributed by atoms with E-state index in [1.165, 1.54) is 0 Å². The number of nitrogens with one attached hydrogen (secondary N) is 1. The molecule has 1 saturated heterocycles. The average molecular weight is 306 g/mol. The van der Waals surface area contributed by atoms with Crippen LogP contribution in [0, 0.1) is 5.92 Å². The summed E-state index contributed by atoms with van der Waals surface area (Å²) in [6, 6.07) is 7.22. The molecule has 0 saturated carbocycles. The van der Waals surface area contributed by atoms with Gasteiger partial charge in [-0.05, 0) is 37.3 Å². The van der Waals surface area contributed by atoms with Gasteiger partial charge < -0.3 is 20.1 Å². The molecule has 2 amide bonds. The summed E-state index contributed by atoms with van der Waals surface area (Å²) in [6.07, 6.45) is 2.81. The van der Waals surface area contributed by atoms with Gasteiger partial charge in [0.25, 0.3) is 0 Å². The van der Waals surface area contributed by atoms with Crippen molar-refractivity contribution in [2.45, 2.75) is 39.2 Å². The highest BCUT2D eigenvalue weighted by Gasteiger charge is 2.27. The first-order valence-corrected chi connectivity index (χ1v) is 8.01. The quantitative estimate of drug-likeness (QED) is 0.849. The number of ether oxygens (including phenoxy) is 1. The van der Waals surface area contributed by atoms with Crippen molar-refractivity contribution in [2.75, 3.05) is 25.1 Å². The second-order valence-corrected chi connectivity index (χ2v) is 6.16. The van der Waals surface area contributed by atoms with Gasteiger partial charge in [0.15, 0.2) is 0 Å². The first kappa shape index (κ1) is 16.6. The van der Waals surface area contributed by atoms with E-state index in [0.717, 1.165) is 30.7 Å². The minimum absolute atomic E-state index is 0.0196. The number of aliphatic hydroxyl groups is 1. The predicted molar refractivity (Wildman–Crippen MR) is 87.2 cm³/mol. The lowest BCUT2D eigenvalue weighted by Crippen LogP contribution is -2.40. The number of rotatable bonds is 6. The largest absolute Gasteiger partial charge is 0.494 e. The Balaban J connectivity index is 1.90. The molecular weight excluding hydrogens is 280 g/mol. The molecule has 0 radical (unpaired) electrons. The standard InChI is InChI=1S/C17H26N2O3/c1-13(2)8-10-22-16-7-3-5-14(11-16)18-17(21)19-9-4-6-15(19)12-20/h3,5,7,11,13,15,20H,4,6,8-10,12H2,1-2H3,(H,18,21)/t15-/m0/s1. The van der Waals surface area contributed by atoms with Gasteiger partial charge in [0.05, 0.1) is 19.3 Å². The highest BCUT2D eigenvalue weighted by molar-refractivity contribution is 5.89. The van der Waals surface area contributed by atoms with Crippen molar-refractivity contribution in [2.24, 2.45) is 5.92 Å². The molecule has 22 heavy (non-hydrogen) atoms. The van der Waals surface area contributed by atoms with Crippen molar-refractivity contribution in [1.82, 2.24) is 4.90 Å². The van der Waals surface area contributed by atoms with Crippen molar-refractivity contribution in [1.29, 1.82) is 0 Å². The molecule has 0 unspecified atom stereocenters. The molecule has 0 spiro atoms. The fraction of sp³-hybridized carbons (Fsp3) is 0.588. The molecule has 1 aromatic rings. The maximum Gasteiger partial charge on any atom is 0.322 e. The number of hydrogen-bond donors (Lipinski definition) is 2. The SMILES string of the molecule is CC(C)CCOc1cccc(NC(=O)N2CCC[C@H]2CO)c1. The summed E-state index contributed by atoms with van der Waals surface area (Å²) >= 11 is 0. The number of carbonyl (C=O) groups excluding carboxylic acids is 1. The summed E-state index contributed by atoms with van der Waals surface area (Å²) in [5, 5.41) is 12.2. The molecule has 0 aromatic heterocycles. The molecule has 122 valence electrons. The van der Waals surface area contributed by atoms with E-state index in [2.05, 4.69) is 19.2 Å². The first-order chi connectivity index (χ1) is 10.6. The second kappa shape index (κ2) is 8.03. The summed E-state index contributed by atoms with van der Waals surface area (Å²) in [6.45, 7) is 5.71. The summed E-state index contributed by atoms with van der Waals surface area (Å²) in [5.41, 5.74) is 0.718. The molecular formula is C17H26N2O3. The van der Waals surface area contributed by atoms with Crippen LogP contribution >= 0.6 is 0 Å². The zero-order chi connectivity index (χ0) is 15.9.